The monoisotopic (exact) mass is 380 g/mol. The number of amides is 1. The Morgan fingerprint density at radius 1 is 1.11 bits per heavy atom. The Hall–Kier alpha value is -2.40. The van der Waals surface area contributed by atoms with Crippen LogP contribution >= 0.6 is 0 Å². The second-order valence-corrected chi connectivity index (χ2v) is 7.81. The number of carbonyl (C=O) groups is 1. The van der Waals surface area contributed by atoms with Crippen LogP contribution in [0, 0.1) is 5.92 Å². The summed E-state index contributed by atoms with van der Waals surface area (Å²) in [6.45, 7) is 11.7. The van der Waals surface area contributed by atoms with E-state index >= 15 is 0 Å². The highest BCUT2D eigenvalue weighted by atomic mass is 16.2. The SMILES string of the molecule is CCn1cc(C(=O)N2CCCN(CC(=CC(C)C)c3ccccc3)CC2)cn1. The molecule has 0 radical (unpaired) electrons. The van der Waals surface area contributed by atoms with Crippen molar-refractivity contribution >= 4 is 11.5 Å². The lowest BCUT2D eigenvalue weighted by Gasteiger charge is -2.23. The largest absolute Gasteiger partial charge is 0.337 e. The Balaban J connectivity index is 1.64. The van der Waals surface area contributed by atoms with Crippen LogP contribution in [0.3, 0.4) is 0 Å². The zero-order valence-corrected chi connectivity index (χ0v) is 17.3. The molecule has 0 spiro atoms. The van der Waals surface area contributed by atoms with Gasteiger partial charge in [-0.15, -0.1) is 0 Å². The van der Waals surface area contributed by atoms with E-state index < -0.39 is 0 Å². The fourth-order valence-electron chi connectivity index (χ4n) is 3.70. The van der Waals surface area contributed by atoms with Crippen molar-refractivity contribution in [2.75, 3.05) is 32.7 Å². The van der Waals surface area contributed by atoms with E-state index in [-0.39, 0.29) is 5.91 Å². The first-order valence-corrected chi connectivity index (χ1v) is 10.4. The van der Waals surface area contributed by atoms with Crippen LogP contribution in [0.5, 0.6) is 0 Å². The molecule has 0 N–H and O–H groups in total. The lowest BCUT2D eigenvalue weighted by Crippen LogP contribution is -2.35. The average molecular weight is 381 g/mol. The van der Waals surface area contributed by atoms with Gasteiger partial charge in [0.05, 0.1) is 11.8 Å². The number of benzene rings is 1. The molecule has 5 heteroatoms. The molecule has 1 saturated heterocycles. The highest BCUT2D eigenvalue weighted by Crippen LogP contribution is 2.19. The Morgan fingerprint density at radius 3 is 2.57 bits per heavy atom. The molecular formula is C23H32N4O. The van der Waals surface area contributed by atoms with Crippen molar-refractivity contribution in [2.24, 2.45) is 5.92 Å². The van der Waals surface area contributed by atoms with Crippen molar-refractivity contribution in [1.82, 2.24) is 19.6 Å². The summed E-state index contributed by atoms with van der Waals surface area (Å²) in [4.78, 5) is 17.3. The van der Waals surface area contributed by atoms with Gasteiger partial charge in [-0.05, 0) is 30.4 Å². The fourth-order valence-corrected chi connectivity index (χ4v) is 3.70. The van der Waals surface area contributed by atoms with Crippen LogP contribution in [0.1, 0.15) is 43.1 Å². The summed E-state index contributed by atoms with van der Waals surface area (Å²) in [5.74, 6) is 0.609. The van der Waals surface area contributed by atoms with Gasteiger partial charge in [0.25, 0.3) is 5.91 Å². The Labute approximate surface area is 168 Å². The van der Waals surface area contributed by atoms with Crippen LogP contribution in [0.15, 0.2) is 48.8 Å². The molecular weight excluding hydrogens is 348 g/mol. The molecule has 1 aromatic heterocycles. The van der Waals surface area contributed by atoms with E-state index in [2.05, 4.69) is 60.3 Å². The molecule has 0 bridgehead atoms. The van der Waals surface area contributed by atoms with Crippen LogP contribution in [0.2, 0.25) is 0 Å². The molecule has 28 heavy (non-hydrogen) atoms. The summed E-state index contributed by atoms with van der Waals surface area (Å²) in [6.07, 6.45) is 6.90. The number of hydrogen-bond acceptors (Lipinski definition) is 3. The van der Waals surface area contributed by atoms with Gasteiger partial charge in [-0.1, -0.05) is 50.3 Å². The maximum absolute atomic E-state index is 12.8. The minimum absolute atomic E-state index is 0.0996. The predicted octanol–water partition coefficient (Wildman–Crippen LogP) is 3.79. The third-order valence-corrected chi connectivity index (χ3v) is 5.15. The minimum atomic E-state index is 0.0996. The minimum Gasteiger partial charge on any atom is -0.337 e. The first-order valence-electron chi connectivity index (χ1n) is 10.4. The van der Waals surface area contributed by atoms with Gasteiger partial charge < -0.3 is 4.90 Å². The Morgan fingerprint density at radius 2 is 1.89 bits per heavy atom. The van der Waals surface area contributed by atoms with Crippen molar-refractivity contribution in [2.45, 2.75) is 33.7 Å². The first kappa shape index (κ1) is 20.3. The van der Waals surface area contributed by atoms with Gasteiger partial charge >= 0.3 is 0 Å². The van der Waals surface area contributed by atoms with Gasteiger partial charge in [0, 0.05) is 45.5 Å². The molecule has 0 unspecified atom stereocenters. The van der Waals surface area contributed by atoms with Gasteiger partial charge in [-0.25, -0.2) is 0 Å². The highest BCUT2D eigenvalue weighted by molar-refractivity contribution is 5.93. The summed E-state index contributed by atoms with van der Waals surface area (Å²) >= 11 is 0. The van der Waals surface area contributed by atoms with Crippen LogP contribution in [0.4, 0.5) is 0 Å². The summed E-state index contributed by atoms with van der Waals surface area (Å²) in [7, 11) is 0. The van der Waals surface area contributed by atoms with Crippen LogP contribution in [0.25, 0.3) is 5.57 Å². The van der Waals surface area contributed by atoms with Crippen molar-refractivity contribution in [1.29, 1.82) is 0 Å². The molecule has 5 nitrogen and oxygen atoms in total. The third-order valence-electron chi connectivity index (χ3n) is 5.15. The van der Waals surface area contributed by atoms with E-state index in [0.29, 0.717) is 11.5 Å². The van der Waals surface area contributed by atoms with Crippen molar-refractivity contribution in [3.05, 3.63) is 59.9 Å². The molecule has 0 aliphatic carbocycles. The van der Waals surface area contributed by atoms with Gasteiger partial charge in [0.1, 0.15) is 0 Å². The van der Waals surface area contributed by atoms with Crippen LogP contribution in [-0.4, -0.2) is 58.2 Å². The second-order valence-electron chi connectivity index (χ2n) is 7.81. The maximum Gasteiger partial charge on any atom is 0.257 e. The fraction of sp³-hybridized carbons (Fsp3) is 0.478. The van der Waals surface area contributed by atoms with Gasteiger partial charge in [0.15, 0.2) is 0 Å². The quantitative estimate of drug-likeness (QED) is 0.766. The molecule has 150 valence electrons. The summed E-state index contributed by atoms with van der Waals surface area (Å²) < 4.78 is 1.81. The number of nitrogens with zero attached hydrogens (tertiary/aromatic N) is 4. The zero-order valence-electron chi connectivity index (χ0n) is 17.3. The molecule has 1 amide bonds. The third kappa shape index (κ3) is 5.32. The van der Waals surface area contributed by atoms with Gasteiger partial charge in [0.2, 0.25) is 0 Å². The van der Waals surface area contributed by atoms with E-state index in [1.165, 1.54) is 11.1 Å². The molecule has 2 heterocycles. The average Bonchev–Trinajstić information content (AvgIpc) is 3.07. The van der Waals surface area contributed by atoms with E-state index in [4.69, 9.17) is 0 Å². The van der Waals surface area contributed by atoms with Gasteiger partial charge in [-0.2, -0.15) is 5.10 Å². The zero-order chi connectivity index (χ0) is 19.9. The van der Waals surface area contributed by atoms with E-state index in [1.807, 2.05) is 18.0 Å². The molecule has 0 saturated carbocycles. The molecule has 1 aromatic carbocycles. The lowest BCUT2D eigenvalue weighted by molar-refractivity contribution is 0.0762. The first-order chi connectivity index (χ1) is 13.6. The molecule has 0 atom stereocenters. The topological polar surface area (TPSA) is 41.4 Å². The number of aromatic nitrogens is 2. The highest BCUT2D eigenvalue weighted by Gasteiger charge is 2.22. The van der Waals surface area contributed by atoms with E-state index in [1.54, 1.807) is 10.9 Å². The number of allylic oxidation sites excluding steroid dienone is 1. The second kappa shape index (κ2) is 9.69. The number of hydrogen-bond donors (Lipinski definition) is 0. The van der Waals surface area contributed by atoms with E-state index in [0.717, 1.165) is 45.7 Å². The maximum atomic E-state index is 12.8. The van der Waals surface area contributed by atoms with Crippen molar-refractivity contribution in [3.8, 4) is 0 Å². The number of carbonyl (C=O) groups excluding carboxylic acids is 1. The van der Waals surface area contributed by atoms with E-state index in [9.17, 15) is 4.79 Å². The molecule has 1 fully saturated rings. The number of aryl methyl sites for hydroxylation is 1. The lowest BCUT2D eigenvalue weighted by atomic mass is 10.0. The van der Waals surface area contributed by atoms with Crippen LogP contribution < -0.4 is 0 Å². The van der Waals surface area contributed by atoms with Gasteiger partial charge in [-0.3, -0.25) is 14.4 Å². The predicted molar refractivity (Wildman–Crippen MR) is 114 cm³/mol. The summed E-state index contributed by atoms with van der Waals surface area (Å²) in [5.41, 5.74) is 3.36. The molecule has 1 aliphatic heterocycles. The normalized spacial score (nSPS) is 16.4. The van der Waals surface area contributed by atoms with Crippen molar-refractivity contribution < 1.29 is 4.79 Å². The number of rotatable bonds is 6. The standard InChI is InChI=1S/C23H32N4O/c1-4-27-18-22(16-24-27)23(28)26-12-8-11-25(13-14-26)17-21(15-19(2)3)20-9-6-5-7-10-20/h5-7,9-10,15-16,18-19H,4,8,11-14,17H2,1-3H3. The van der Waals surface area contributed by atoms with Crippen molar-refractivity contribution in [3.63, 3.8) is 0 Å². The smallest absolute Gasteiger partial charge is 0.257 e. The molecule has 2 aromatic rings. The molecule has 3 rings (SSSR count). The van der Waals surface area contributed by atoms with Crippen LogP contribution in [-0.2, 0) is 6.54 Å². The molecule has 1 aliphatic rings. The Kier molecular flexibility index (Phi) is 7.04. The Bertz CT molecular complexity index is 794. The summed E-state index contributed by atoms with van der Waals surface area (Å²) in [6, 6.07) is 10.6. The summed E-state index contributed by atoms with van der Waals surface area (Å²) in [5, 5.41) is 4.24.